The largest absolute Gasteiger partial charge is 0.409 e. The molecule has 7 heteroatoms. The fourth-order valence-corrected chi connectivity index (χ4v) is 2.32. The van der Waals surface area contributed by atoms with E-state index < -0.39 is 0 Å². The Kier molecular flexibility index (Phi) is 5.81. The van der Waals surface area contributed by atoms with Gasteiger partial charge in [-0.15, -0.1) is 0 Å². The van der Waals surface area contributed by atoms with Gasteiger partial charge in [-0.05, 0) is 43.7 Å². The normalized spacial score (nSPS) is 14.1. The Morgan fingerprint density at radius 1 is 1.63 bits per heavy atom. The molecule has 0 amide bonds. The summed E-state index contributed by atoms with van der Waals surface area (Å²) in [5, 5.41) is 16.1. The summed E-state index contributed by atoms with van der Waals surface area (Å²) in [5.41, 5.74) is 7.68. The Morgan fingerprint density at radius 3 is 2.79 bits per heavy atom. The number of aromatic nitrogens is 2. The van der Waals surface area contributed by atoms with Gasteiger partial charge < -0.3 is 10.9 Å². The van der Waals surface area contributed by atoms with Crippen molar-refractivity contribution in [2.24, 2.45) is 10.9 Å². The number of rotatable bonds is 6. The quantitative estimate of drug-likeness (QED) is 0.361. The molecule has 0 aromatic carbocycles. The number of oxime groups is 1. The van der Waals surface area contributed by atoms with Crippen molar-refractivity contribution >= 4 is 21.8 Å². The molecule has 0 saturated carbocycles. The monoisotopic (exact) mass is 331 g/mol. The number of amidine groups is 1. The van der Waals surface area contributed by atoms with Gasteiger partial charge in [-0.25, -0.2) is 0 Å². The van der Waals surface area contributed by atoms with Crippen LogP contribution in [0.25, 0.3) is 0 Å². The topological polar surface area (TPSA) is 79.7 Å². The smallest absolute Gasteiger partial charge is 0.140 e. The van der Waals surface area contributed by atoms with E-state index in [1.165, 1.54) is 0 Å². The number of halogens is 1. The highest BCUT2D eigenvalue weighted by molar-refractivity contribution is 9.10. The van der Waals surface area contributed by atoms with Crippen LogP contribution in [0.2, 0.25) is 0 Å². The van der Waals surface area contributed by atoms with Crippen LogP contribution in [0, 0.1) is 6.92 Å². The van der Waals surface area contributed by atoms with Crippen LogP contribution in [0.3, 0.4) is 0 Å². The zero-order chi connectivity index (χ0) is 14.6. The molecule has 19 heavy (non-hydrogen) atoms. The molecule has 1 unspecified atom stereocenters. The van der Waals surface area contributed by atoms with Crippen LogP contribution in [0.5, 0.6) is 0 Å². The third-order valence-corrected chi connectivity index (χ3v) is 4.27. The summed E-state index contributed by atoms with van der Waals surface area (Å²) in [6.07, 6.45) is 0.532. The second-order valence-corrected chi connectivity index (χ2v) is 5.51. The van der Waals surface area contributed by atoms with Crippen molar-refractivity contribution in [1.82, 2.24) is 14.7 Å². The van der Waals surface area contributed by atoms with Crippen LogP contribution in [-0.2, 0) is 13.1 Å². The molecule has 1 aromatic rings. The Hall–Kier alpha value is -1.08. The lowest BCUT2D eigenvalue weighted by molar-refractivity contribution is 0.243. The van der Waals surface area contributed by atoms with Crippen molar-refractivity contribution in [2.45, 2.75) is 46.3 Å². The molecule has 1 aromatic heterocycles. The lowest BCUT2D eigenvalue weighted by Crippen LogP contribution is -2.33. The van der Waals surface area contributed by atoms with Crippen molar-refractivity contribution in [1.29, 1.82) is 0 Å². The van der Waals surface area contributed by atoms with Crippen molar-refractivity contribution in [3.05, 3.63) is 15.9 Å². The molecule has 0 aliphatic carbocycles. The third-order valence-electron chi connectivity index (χ3n) is 3.24. The standard InChI is InChI=1S/C12H22BrN5O/c1-5-18-10(12(13)9(3)15-18)7-17(4)8(2)6-11(14)16-19/h8,19H,5-7H2,1-4H3,(H2,14,16). The fourth-order valence-electron chi connectivity index (χ4n) is 1.91. The van der Waals surface area contributed by atoms with Gasteiger partial charge in [0.2, 0.25) is 0 Å². The maximum Gasteiger partial charge on any atom is 0.140 e. The minimum Gasteiger partial charge on any atom is -0.409 e. The molecule has 0 bridgehead atoms. The van der Waals surface area contributed by atoms with Gasteiger partial charge in [0.1, 0.15) is 5.84 Å². The van der Waals surface area contributed by atoms with Gasteiger partial charge in [-0.3, -0.25) is 9.58 Å². The molecule has 1 rings (SSSR count). The SMILES string of the molecule is CCn1nc(C)c(Br)c1CN(C)C(C)CC(N)=NO. The van der Waals surface area contributed by atoms with Gasteiger partial charge in [0, 0.05) is 25.6 Å². The third kappa shape index (κ3) is 3.94. The first-order valence-corrected chi connectivity index (χ1v) is 7.08. The molecular formula is C12H22BrN5O. The molecular weight excluding hydrogens is 310 g/mol. The summed E-state index contributed by atoms with van der Waals surface area (Å²) in [7, 11) is 2.02. The van der Waals surface area contributed by atoms with Gasteiger partial charge in [0.05, 0.1) is 15.9 Å². The molecule has 108 valence electrons. The number of hydrogen-bond acceptors (Lipinski definition) is 4. The zero-order valence-corrected chi connectivity index (χ0v) is 13.5. The van der Waals surface area contributed by atoms with E-state index in [4.69, 9.17) is 10.9 Å². The number of nitrogens with two attached hydrogens (primary N) is 1. The molecule has 0 aliphatic heterocycles. The Balaban J connectivity index is 2.79. The van der Waals surface area contributed by atoms with E-state index in [2.05, 4.69) is 38.0 Å². The minimum absolute atomic E-state index is 0.184. The van der Waals surface area contributed by atoms with Gasteiger partial charge in [0.15, 0.2) is 0 Å². The predicted molar refractivity (Wildman–Crippen MR) is 79.3 cm³/mol. The van der Waals surface area contributed by atoms with Crippen LogP contribution in [-0.4, -0.2) is 38.8 Å². The van der Waals surface area contributed by atoms with Crippen LogP contribution >= 0.6 is 15.9 Å². The molecule has 0 aliphatic rings. The van der Waals surface area contributed by atoms with E-state index in [-0.39, 0.29) is 11.9 Å². The van der Waals surface area contributed by atoms with E-state index in [1.54, 1.807) is 0 Å². The van der Waals surface area contributed by atoms with E-state index in [0.29, 0.717) is 6.42 Å². The lowest BCUT2D eigenvalue weighted by atomic mass is 10.2. The van der Waals surface area contributed by atoms with E-state index in [0.717, 1.165) is 29.0 Å². The summed E-state index contributed by atoms with van der Waals surface area (Å²) in [5.74, 6) is 0.249. The van der Waals surface area contributed by atoms with Crippen molar-refractivity contribution < 1.29 is 5.21 Å². The van der Waals surface area contributed by atoms with E-state index >= 15 is 0 Å². The average Bonchev–Trinajstić information content (AvgIpc) is 2.65. The van der Waals surface area contributed by atoms with E-state index in [1.807, 2.05) is 25.6 Å². The molecule has 1 atom stereocenters. The number of aryl methyl sites for hydroxylation is 2. The molecule has 6 nitrogen and oxygen atoms in total. The van der Waals surface area contributed by atoms with E-state index in [9.17, 15) is 0 Å². The van der Waals surface area contributed by atoms with Crippen molar-refractivity contribution in [2.75, 3.05) is 7.05 Å². The van der Waals surface area contributed by atoms with Crippen LogP contribution in [0.4, 0.5) is 0 Å². The van der Waals surface area contributed by atoms with Crippen molar-refractivity contribution in [3.63, 3.8) is 0 Å². The summed E-state index contributed by atoms with van der Waals surface area (Å²) in [6, 6.07) is 0.184. The molecule has 0 spiro atoms. The first-order chi connectivity index (χ1) is 8.90. The fraction of sp³-hybridized carbons (Fsp3) is 0.667. The van der Waals surface area contributed by atoms with Crippen LogP contribution < -0.4 is 5.73 Å². The summed E-state index contributed by atoms with van der Waals surface area (Å²) in [6.45, 7) is 7.70. The maximum absolute atomic E-state index is 8.61. The van der Waals surface area contributed by atoms with Gasteiger partial charge >= 0.3 is 0 Å². The van der Waals surface area contributed by atoms with Gasteiger partial charge in [-0.2, -0.15) is 5.10 Å². The highest BCUT2D eigenvalue weighted by atomic mass is 79.9. The molecule has 3 N–H and O–H groups in total. The first kappa shape index (κ1) is 16.0. The lowest BCUT2D eigenvalue weighted by Gasteiger charge is -2.24. The van der Waals surface area contributed by atoms with Gasteiger partial charge in [-0.1, -0.05) is 5.16 Å². The second kappa shape index (κ2) is 6.91. The second-order valence-electron chi connectivity index (χ2n) is 4.72. The Labute approximate surface area is 122 Å². The zero-order valence-electron chi connectivity index (χ0n) is 11.9. The Morgan fingerprint density at radius 2 is 2.26 bits per heavy atom. The highest BCUT2D eigenvalue weighted by Crippen LogP contribution is 2.23. The molecule has 0 fully saturated rings. The maximum atomic E-state index is 8.61. The van der Waals surface area contributed by atoms with Crippen LogP contribution in [0.1, 0.15) is 31.7 Å². The summed E-state index contributed by atoms with van der Waals surface area (Å²) < 4.78 is 3.05. The highest BCUT2D eigenvalue weighted by Gasteiger charge is 2.17. The predicted octanol–water partition coefficient (Wildman–Crippen LogP) is 1.93. The average molecular weight is 332 g/mol. The Bertz CT molecular complexity index is 457. The molecule has 0 radical (unpaired) electrons. The summed E-state index contributed by atoms with van der Waals surface area (Å²) in [4.78, 5) is 2.16. The number of nitrogens with zero attached hydrogens (tertiary/aromatic N) is 4. The number of hydrogen-bond donors (Lipinski definition) is 2. The summed E-state index contributed by atoms with van der Waals surface area (Å²) >= 11 is 3.59. The minimum atomic E-state index is 0.184. The van der Waals surface area contributed by atoms with Crippen molar-refractivity contribution in [3.8, 4) is 0 Å². The molecule has 0 saturated heterocycles. The first-order valence-electron chi connectivity index (χ1n) is 6.29. The van der Waals surface area contributed by atoms with Gasteiger partial charge in [0.25, 0.3) is 0 Å². The van der Waals surface area contributed by atoms with Crippen LogP contribution in [0.15, 0.2) is 9.63 Å². The molecule has 1 heterocycles.